The monoisotopic (exact) mass is 406 g/mol. The second kappa shape index (κ2) is 6.76. The third kappa shape index (κ3) is 3.85. The molecule has 2 amide bonds. The van der Waals surface area contributed by atoms with E-state index >= 15 is 0 Å². The summed E-state index contributed by atoms with van der Waals surface area (Å²) in [5.74, 6) is 0.0166. The molecule has 6 heteroatoms. The van der Waals surface area contributed by atoms with Crippen molar-refractivity contribution >= 4 is 46.0 Å². The second-order valence-corrected chi connectivity index (χ2v) is 6.47. The number of carbonyl (C=O) groups is 2. The molecule has 1 N–H and O–H groups in total. The minimum absolute atomic E-state index is 0.0120. The molecule has 1 aliphatic heterocycles. The van der Waals surface area contributed by atoms with Gasteiger partial charge < -0.3 is 10.2 Å². The van der Waals surface area contributed by atoms with Crippen LogP contribution in [0.2, 0.25) is 5.02 Å². The number of piperidine rings is 1. The zero-order valence-electron chi connectivity index (χ0n) is 11.2. The van der Waals surface area contributed by atoms with Crippen LogP contribution in [0.4, 0.5) is 0 Å². The Kier molecular flexibility index (Phi) is 5.26. The van der Waals surface area contributed by atoms with E-state index in [2.05, 4.69) is 27.9 Å². The predicted octanol–water partition coefficient (Wildman–Crippen LogP) is 2.69. The van der Waals surface area contributed by atoms with Crippen LogP contribution in [0.25, 0.3) is 0 Å². The summed E-state index contributed by atoms with van der Waals surface area (Å²) >= 11 is 8.09. The molecular weight excluding hydrogens is 391 g/mol. The molecule has 1 fully saturated rings. The van der Waals surface area contributed by atoms with Crippen molar-refractivity contribution in [1.82, 2.24) is 10.2 Å². The van der Waals surface area contributed by atoms with Crippen molar-refractivity contribution in [2.45, 2.75) is 25.8 Å². The highest BCUT2D eigenvalue weighted by Crippen LogP contribution is 2.21. The number of nitrogens with zero attached hydrogens (tertiary/aromatic N) is 1. The number of hydrogen-bond donors (Lipinski definition) is 1. The molecule has 20 heavy (non-hydrogen) atoms. The number of halogens is 2. The lowest BCUT2D eigenvalue weighted by atomic mass is 10.0. The van der Waals surface area contributed by atoms with Gasteiger partial charge in [0.15, 0.2) is 0 Å². The quantitative estimate of drug-likeness (QED) is 0.768. The summed E-state index contributed by atoms with van der Waals surface area (Å²) in [5, 5.41) is 3.56. The third-order valence-corrected chi connectivity index (χ3v) is 4.90. The molecule has 0 radical (unpaired) electrons. The summed E-state index contributed by atoms with van der Waals surface area (Å²) in [4.78, 5) is 25.2. The van der Waals surface area contributed by atoms with Crippen LogP contribution in [0, 0.1) is 3.57 Å². The lowest BCUT2D eigenvalue weighted by Crippen LogP contribution is -2.46. The number of benzene rings is 1. The van der Waals surface area contributed by atoms with E-state index in [0.29, 0.717) is 23.7 Å². The van der Waals surface area contributed by atoms with Gasteiger partial charge in [0.2, 0.25) is 5.91 Å². The first-order valence-corrected chi connectivity index (χ1v) is 7.94. The van der Waals surface area contributed by atoms with Crippen LogP contribution in [0.3, 0.4) is 0 Å². The average molecular weight is 407 g/mol. The molecule has 1 saturated heterocycles. The van der Waals surface area contributed by atoms with Gasteiger partial charge in [-0.05, 0) is 53.6 Å². The Labute approximate surface area is 137 Å². The Morgan fingerprint density at radius 3 is 2.55 bits per heavy atom. The Morgan fingerprint density at radius 1 is 1.35 bits per heavy atom. The molecule has 0 saturated carbocycles. The Balaban J connectivity index is 1.97. The molecule has 0 bridgehead atoms. The summed E-state index contributed by atoms with van der Waals surface area (Å²) in [6.07, 6.45) is 1.60. The molecule has 0 aliphatic carbocycles. The summed E-state index contributed by atoms with van der Waals surface area (Å²) in [7, 11) is 0. The maximum Gasteiger partial charge on any atom is 0.253 e. The van der Waals surface area contributed by atoms with Crippen LogP contribution in [0.1, 0.15) is 30.1 Å². The molecule has 0 unspecified atom stereocenters. The summed E-state index contributed by atoms with van der Waals surface area (Å²) in [6, 6.07) is 5.50. The maximum absolute atomic E-state index is 12.4. The fourth-order valence-corrected chi connectivity index (χ4v) is 2.96. The highest BCUT2D eigenvalue weighted by molar-refractivity contribution is 14.1. The van der Waals surface area contributed by atoms with Gasteiger partial charge in [0.25, 0.3) is 5.91 Å². The zero-order valence-corrected chi connectivity index (χ0v) is 14.1. The van der Waals surface area contributed by atoms with Gasteiger partial charge in [-0.25, -0.2) is 0 Å². The molecule has 4 nitrogen and oxygen atoms in total. The predicted molar refractivity (Wildman–Crippen MR) is 86.9 cm³/mol. The first-order valence-electron chi connectivity index (χ1n) is 6.49. The number of nitrogens with one attached hydrogen (secondary N) is 1. The SMILES string of the molecule is CC(=O)NC1CCN(C(=O)c2ccc(Cl)c(I)c2)CC1. The summed E-state index contributed by atoms with van der Waals surface area (Å²) < 4.78 is 0.878. The van der Waals surface area contributed by atoms with Gasteiger partial charge in [0.05, 0.1) is 5.02 Å². The number of carbonyl (C=O) groups excluding carboxylic acids is 2. The molecule has 1 heterocycles. The van der Waals surface area contributed by atoms with Gasteiger partial charge in [0, 0.05) is 35.2 Å². The standard InChI is InChI=1S/C14H16ClIN2O2/c1-9(19)17-11-4-6-18(7-5-11)14(20)10-2-3-12(15)13(16)8-10/h2-3,8,11H,4-7H2,1H3,(H,17,19). The number of hydrogen-bond acceptors (Lipinski definition) is 2. The van der Waals surface area contributed by atoms with Gasteiger partial charge in [-0.2, -0.15) is 0 Å². The molecule has 0 spiro atoms. The Bertz CT molecular complexity index is 528. The smallest absolute Gasteiger partial charge is 0.253 e. The summed E-state index contributed by atoms with van der Waals surface area (Å²) in [5.41, 5.74) is 0.664. The number of amides is 2. The average Bonchev–Trinajstić information content (AvgIpc) is 2.41. The topological polar surface area (TPSA) is 49.4 Å². The fourth-order valence-electron chi connectivity index (χ4n) is 2.33. The second-order valence-electron chi connectivity index (χ2n) is 4.90. The normalized spacial score (nSPS) is 16.1. The van der Waals surface area contributed by atoms with E-state index < -0.39 is 0 Å². The minimum Gasteiger partial charge on any atom is -0.353 e. The number of likely N-dealkylation sites (tertiary alicyclic amines) is 1. The highest BCUT2D eigenvalue weighted by atomic mass is 127. The first kappa shape index (κ1) is 15.6. The van der Waals surface area contributed by atoms with Crippen molar-refractivity contribution in [3.63, 3.8) is 0 Å². The lowest BCUT2D eigenvalue weighted by Gasteiger charge is -2.32. The first-order chi connectivity index (χ1) is 9.47. The van der Waals surface area contributed by atoms with E-state index in [0.717, 1.165) is 16.4 Å². The van der Waals surface area contributed by atoms with Crippen molar-refractivity contribution < 1.29 is 9.59 Å². The van der Waals surface area contributed by atoms with E-state index in [1.165, 1.54) is 6.92 Å². The van der Waals surface area contributed by atoms with Crippen molar-refractivity contribution in [3.05, 3.63) is 32.4 Å². The molecular formula is C14H16ClIN2O2. The molecule has 1 aromatic carbocycles. The van der Waals surface area contributed by atoms with E-state index in [4.69, 9.17) is 11.6 Å². The molecule has 2 rings (SSSR count). The van der Waals surface area contributed by atoms with Crippen molar-refractivity contribution in [2.24, 2.45) is 0 Å². The van der Waals surface area contributed by atoms with E-state index in [1.54, 1.807) is 12.1 Å². The molecule has 108 valence electrons. The van der Waals surface area contributed by atoms with Crippen LogP contribution in [0.15, 0.2) is 18.2 Å². The van der Waals surface area contributed by atoms with Crippen molar-refractivity contribution in [2.75, 3.05) is 13.1 Å². The molecule has 1 aliphatic rings. The lowest BCUT2D eigenvalue weighted by molar-refractivity contribution is -0.119. The van der Waals surface area contributed by atoms with Crippen LogP contribution >= 0.6 is 34.2 Å². The van der Waals surface area contributed by atoms with E-state index in [1.807, 2.05) is 11.0 Å². The van der Waals surface area contributed by atoms with Gasteiger partial charge in [0.1, 0.15) is 0 Å². The Hall–Kier alpha value is -0.820. The largest absolute Gasteiger partial charge is 0.353 e. The molecule has 1 aromatic rings. The van der Waals surface area contributed by atoms with Crippen LogP contribution in [-0.2, 0) is 4.79 Å². The van der Waals surface area contributed by atoms with Crippen LogP contribution < -0.4 is 5.32 Å². The summed E-state index contributed by atoms with van der Waals surface area (Å²) in [6.45, 7) is 2.86. The van der Waals surface area contributed by atoms with E-state index in [9.17, 15) is 9.59 Å². The zero-order chi connectivity index (χ0) is 14.7. The Morgan fingerprint density at radius 2 is 2.00 bits per heavy atom. The number of rotatable bonds is 2. The van der Waals surface area contributed by atoms with Gasteiger partial charge in [-0.1, -0.05) is 11.6 Å². The van der Waals surface area contributed by atoms with E-state index in [-0.39, 0.29) is 17.9 Å². The highest BCUT2D eigenvalue weighted by Gasteiger charge is 2.24. The van der Waals surface area contributed by atoms with Crippen molar-refractivity contribution in [1.29, 1.82) is 0 Å². The maximum atomic E-state index is 12.4. The van der Waals surface area contributed by atoms with Gasteiger partial charge in [-0.3, -0.25) is 9.59 Å². The van der Waals surface area contributed by atoms with Crippen molar-refractivity contribution in [3.8, 4) is 0 Å². The molecule has 0 atom stereocenters. The van der Waals surface area contributed by atoms with Crippen LogP contribution in [-0.4, -0.2) is 35.8 Å². The fraction of sp³-hybridized carbons (Fsp3) is 0.429. The molecule has 0 aromatic heterocycles. The minimum atomic E-state index is -0.0120. The van der Waals surface area contributed by atoms with Gasteiger partial charge in [-0.15, -0.1) is 0 Å². The van der Waals surface area contributed by atoms with Crippen LogP contribution in [0.5, 0.6) is 0 Å². The third-order valence-electron chi connectivity index (χ3n) is 3.36. The van der Waals surface area contributed by atoms with Gasteiger partial charge >= 0.3 is 0 Å².